The van der Waals surface area contributed by atoms with E-state index < -0.39 is 0 Å². The minimum Gasteiger partial charge on any atom is -0.339 e. The van der Waals surface area contributed by atoms with E-state index in [-0.39, 0.29) is 0 Å². The summed E-state index contributed by atoms with van der Waals surface area (Å²) in [7, 11) is 0. The Kier molecular flexibility index (Phi) is 4.66. The van der Waals surface area contributed by atoms with E-state index in [0.717, 1.165) is 13.1 Å². The third-order valence-corrected chi connectivity index (χ3v) is 4.71. The third kappa shape index (κ3) is 3.05. The summed E-state index contributed by atoms with van der Waals surface area (Å²) in [5.74, 6) is 1.61. The highest BCUT2D eigenvalue weighted by Gasteiger charge is 2.33. The summed E-state index contributed by atoms with van der Waals surface area (Å²) in [6, 6.07) is 0.885. The van der Waals surface area contributed by atoms with Crippen LogP contribution in [0.4, 0.5) is 0 Å². The lowest BCUT2D eigenvalue weighted by atomic mass is 9.90. The SMILES string of the molecule is CC(C)C1CCCN1C(=O)CC1NCCCC1C. The van der Waals surface area contributed by atoms with Crippen molar-refractivity contribution in [2.75, 3.05) is 13.1 Å². The number of nitrogens with zero attached hydrogens (tertiary/aromatic N) is 1. The van der Waals surface area contributed by atoms with Gasteiger partial charge in [0.2, 0.25) is 5.91 Å². The average molecular weight is 252 g/mol. The number of likely N-dealkylation sites (tertiary alicyclic amines) is 1. The highest BCUT2D eigenvalue weighted by atomic mass is 16.2. The van der Waals surface area contributed by atoms with Gasteiger partial charge in [-0.3, -0.25) is 4.79 Å². The molecule has 0 aromatic heterocycles. The zero-order valence-corrected chi connectivity index (χ0v) is 12.1. The molecule has 0 aromatic carbocycles. The van der Waals surface area contributed by atoms with E-state index in [2.05, 4.69) is 31.0 Å². The van der Waals surface area contributed by atoms with Gasteiger partial charge in [-0.25, -0.2) is 0 Å². The first-order valence-corrected chi connectivity index (χ1v) is 7.62. The van der Waals surface area contributed by atoms with Gasteiger partial charge < -0.3 is 10.2 Å². The molecule has 3 atom stereocenters. The van der Waals surface area contributed by atoms with E-state index in [1.807, 2.05) is 0 Å². The summed E-state index contributed by atoms with van der Waals surface area (Å²) in [5.41, 5.74) is 0. The average Bonchev–Trinajstić information content (AvgIpc) is 2.81. The molecule has 0 radical (unpaired) electrons. The second kappa shape index (κ2) is 6.05. The van der Waals surface area contributed by atoms with E-state index in [1.165, 1.54) is 25.7 Å². The molecule has 2 heterocycles. The lowest BCUT2D eigenvalue weighted by molar-refractivity contribution is -0.133. The Morgan fingerprint density at radius 2 is 2.11 bits per heavy atom. The molecule has 2 fully saturated rings. The predicted octanol–water partition coefficient (Wildman–Crippen LogP) is 2.41. The Bertz CT molecular complexity index is 290. The summed E-state index contributed by atoms with van der Waals surface area (Å²) in [5, 5.41) is 3.52. The fourth-order valence-corrected chi connectivity index (χ4v) is 3.49. The number of rotatable bonds is 3. The molecule has 0 aliphatic carbocycles. The van der Waals surface area contributed by atoms with Gasteiger partial charge in [-0.05, 0) is 44.1 Å². The number of hydrogen-bond acceptors (Lipinski definition) is 2. The highest BCUT2D eigenvalue weighted by molar-refractivity contribution is 5.77. The van der Waals surface area contributed by atoms with Crippen molar-refractivity contribution in [1.82, 2.24) is 10.2 Å². The van der Waals surface area contributed by atoms with Crippen molar-refractivity contribution in [1.29, 1.82) is 0 Å². The van der Waals surface area contributed by atoms with Crippen molar-refractivity contribution >= 4 is 5.91 Å². The largest absolute Gasteiger partial charge is 0.339 e. The van der Waals surface area contributed by atoms with E-state index in [9.17, 15) is 4.79 Å². The quantitative estimate of drug-likeness (QED) is 0.836. The molecule has 3 unspecified atom stereocenters. The molecular weight excluding hydrogens is 224 g/mol. The molecule has 0 saturated carbocycles. The summed E-state index contributed by atoms with van der Waals surface area (Å²) in [6.07, 6.45) is 5.59. The summed E-state index contributed by atoms with van der Waals surface area (Å²) < 4.78 is 0. The molecule has 18 heavy (non-hydrogen) atoms. The molecule has 3 heteroatoms. The molecule has 0 aromatic rings. The van der Waals surface area contributed by atoms with Crippen LogP contribution in [0.1, 0.15) is 52.9 Å². The van der Waals surface area contributed by atoms with Crippen LogP contribution in [-0.2, 0) is 4.79 Å². The minimum absolute atomic E-state index is 0.373. The fourth-order valence-electron chi connectivity index (χ4n) is 3.49. The predicted molar refractivity (Wildman–Crippen MR) is 74.4 cm³/mol. The van der Waals surface area contributed by atoms with Gasteiger partial charge in [-0.2, -0.15) is 0 Å². The van der Waals surface area contributed by atoms with Crippen molar-refractivity contribution < 1.29 is 4.79 Å². The standard InChI is InChI=1S/C15H28N2O/c1-11(2)14-7-5-9-17(14)15(18)10-13-12(3)6-4-8-16-13/h11-14,16H,4-10H2,1-3H3. The van der Waals surface area contributed by atoms with Crippen LogP contribution in [0.3, 0.4) is 0 Å². The van der Waals surface area contributed by atoms with Gasteiger partial charge in [0.1, 0.15) is 0 Å². The zero-order chi connectivity index (χ0) is 13.1. The number of amides is 1. The van der Waals surface area contributed by atoms with E-state index in [0.29, 0.717) is 36.2 Å². The molecule has 0 spiro atoms. The first-order chi connectivity index (χ1) is 8.59. The molecule has 3 nitrogen and oxygen atoms in total. The normalized spacial score (nSPS) is 33.1. The molecule has 2 aliphatic rings. The zero-order valence-electron chi connectivity index (χ0n) is 12.1. The molecule has 1 amide bonds. The second-order valence-corrected chi connectivity index (χ2v) is 6.42. The van der Waals surface area contributed by atoms with Gasteiger partial charge >= 0.3 is 0 Å². The number of hydrogen-bond donors (Lipinski definition) is 1. The number of carbonyl (C=O) groups excluding carboxylic acids is 1. The van der Waals surface area contributed by atoms with Crippen LogP contribution in [0.15, 0.2) is 0 Å². The maximum Gasteiger partial charge on any atom is 0.224 e. The molecule has 2 rings (SSSR count). The minimum atomic E-state index is 0.373. The Balaban J connectivity index is 1.90. The van der Waals surface area contributed by atoms with Crippen LogP contribution in [0, 0.1) is 11.8 Å². The first-order valence-electron chi connectivity index (χ1n) is 7.62. The fraction of sp³-hybridized carbons (Fsp3) is 0.933. The van der Waals surface area contributed by atoms with Gasteiger partial charge in [0.25, 0.3) is 0 Å². The van der Waals surface area contributed by atoms with Crippen LogP contribution in [0.2, 0.25) is 0 Å². The van der Waals surface area contributed by atoms with Crippen LogP contribution in [-0.4, -0.2) is 36.0 Å². The lowest BCUT2D eigenvalue weighted by Crippen LogP contribution is -2.46. The molecule has 2 aliphatic heterocycles. The summed E-state index contributed by atoms with van der Waals surface area (Å²) in [6.45, 7) is 8.79. The summed E-state index contributed by atoms with van der Waals surface area (Å²) in [4.78, 5) is 14.6. The maximum atomic E-state index is 12.5. The smallest absolute Gasteiger partial charge is 0.224 e. The van der Waals surface area contributed by atoms with E-state index in [1.54, 1.807) is 0 Å². The molecular formula is C15H28N2O. The van der Waals surface area contributed by atoms with Crippen molar-refractivity contribution in [3.8, 4) is 0 Å². The van der Waals surface area contributed by atoms with Crippen LogP contribution in [0.25, 0.3) is 0 Å². The number of nitrogens with one attached hydrogen (secondary N) is 1. The van der Waals surface area contributed by atoms with Crippen LogP contribution < -0.4 is 5.32 Å². The number of piperidine rings is 1. The van der Waals surface area contributed by atoms with Gasteiger partial charge in [-0.15, -0.1) is 0 Å². The molecule has 0 bridgehead atoms. The van der Waals surface area contributed by atoms with Crippen molar-refractivity contribution in [3.63, 3.8) is 0 Å². The van der Waals surface area contributed by atoms with Crippen molar-refractivity contribution in [3.05, 3.63) is 0 Å². The van der Waals surface area contributed by atoms with Gasteiger partial charge in [0, 0.05) is 25.0 Å². The topological polar surface area (TPSA) is 32.3 Å². The second-order valence-electron chi connectivity index (χ2n) is 6.42. The maximum absolute atomic E-state index is 12.5. The monoisotopic (exact) mass is 252 g/mol. The van der Waals surface area contributed by atoms with Crippen LogP contribution in [0.5, 0.6) is 0 Å². The Labute approximate surface area is 111 Å². The summed E-state index contributed by atoms with van der Waals surface area (Å²) >= 11 is 0. The number of carbonyl (C=O) groups is 1. The molecule has 2 saturated heterocycles. The molecule has 104 valence electrons. The molecule has 1 N–H and O–H groups in total. The third-order valence-electron chi connectivity index (χ3n) is 4.71. The lowest BCUT2D eigenvalue weighted by Gasteiger charge is -2.33. The van der Waals surface area contributed by atoms with Crippen molar-refractivity contribution in [2.24, 2.45) is 11.8 Å². The Hall–Kier alpha value is -0.570. The van der Waals surface area contributed by atoms with E-state index in [4.69, 9.17) is 0 Å². The van der Waals surface area contributed by atoms with E-state index >= 15 is 0 Å². The van der Waals surface area contributed by atoms with Gasteiger partial charge in [0.15, 0.2) is 0 Å². The first kappa shape index (κ1) is 13.9. The van der Waals surface area contributed by atoms with Crippen molar-refractivity contribution in [2.45, 2.75) is 65.0 Å². The highest BCUT2D eigenvalue weighted by Crippen LogP contribution is 2.26. The Morgan fingerprint density at radius 1 is 1.33 bits per heavy atom. The van der Waals surface area contributed by atoms with Gasteiger partial charge in [0.05, 0.1) is 0 Å². The van der Waals surface area contributed by atoms with Gasteiger partial charge in [-0.1, -0.05) is 20.8 Å². The van der Waals surface area contributed by atoms with Crippen LogP contribution >= 0.6 is 0 Å². The Morgan fingerprint density at radius 3 is 2.78 bits per heavy atom.